The Balaban J connectivity index is 1.11. The Labute approximate surface area is 265 Å². The number of hydrogen-bond donors (Lipinski definition) is 2. The Kier molecular flexibility index (Phi) is 11.9. The lowest BCUT2D eigenvalue weighted by Gasteiger charge is -2.55. The van der Waals surface area contributed by atoms with Gasteiger partial charge in [-0.05, 0) is 118 Å². The number of carbonyl (C=O) groups is 2. The van der Waals surface area contributed by atoms with Crippen molar-refractivity contribution in [1.29, 1.82) is 0 Å². The quantitative estimate of drug-likeness (QED) is 0.0781. The van der Waals surface area contributed by atoms with E-state index in [-0.39, 0.29) is 24.4 Å². The number of ether oxygens (including phenoxy) is 3. The Morgan fingerprint density at radius 1 is 0.822 bits per heavy atom. The van der Waals surface area contributed by atoms with Crippen molar-refractivity contribution < 1.29 is 32.6 Å². The lowest BCUT2D eigenvalue weighted by Crippen LogP contribution is -2.53. The standard InChI is InChI=1S/C36H48F2N2O5/c1-2-3-6-15-34-16-19-35(20-17-34,21-18-34)36(37,38)45-31-12-9-27(10-13-31)11-14-32(41)43-22-7-4-5-8-23-44-33(42)28-24-29(39)26-30(40)25-28/h9-14,24-26H,2-8,15-23,39-40H2,1H3. The zero-order valence-corrected chi connectivity index (χ0v) is 26.5. The molecule has 3 fully saturated rings. The molecule has 45 heavy (non-hydrogen) atoms. The van der Waals surface area contributed by atoms with Crippen LogP contribution < -0.4 is 16.2 Å². The van der Waals surface area contributed by atoms with Crippen LogP contribution in [0, 0.1) is 10.8 Å². The lowest BCUT2D eigenvalue weighted by atomic mass is 9.52. The van der Waals surface area contributed by atoms with Crippen LogP contribution in [0.15, 0.2) is 48.5 Å². The van der Waals surface area contributed by atoms with E-state index in [4.69, 9.17) is 25.7 Å². The largest absolute Gasteiger partial charge is 0.463 e. The summed E-state index contributed by atoms with van der Waals surface area (Å²) in [5, 5.41) is 0. The number of nitrogen functional groups attached to an aromatic ring is 2. The van der Waals surface area contributed by atoms with Crippen LogP contribution in [-0.4, -0.2) is 31.3 Å². The Morgan fingerprint density at radius 2 is 1.42 bits per heavy atom. The first-order valence-corrected chi connectivity index (χ1v) is 16.4. The molecule has 0 atom stereocenters. The summed E-state index contributed by atoms with van der Waals surface area (Å²) >= 11 is 0. The van der Waals surface area contributed by atoms with Gasteiger partial charge >= 0.3 is 18.0 Å². The SMILES string of the molecule is CCCCCC12CCC(C(F)(F)Oc3ccc(C=CC(=O)OCCCCCCOC(=O)c4cc(N)cc(N)c4)cc3)(CC1)CC2. The molecule has 5 rings (SSSR count). The maximum Gasteiger partial charge on any atom is 0.403 e. The third-order valence-corrected chi connectivity index (χ3v) is 9.60. The molecule has 0 spiro atoms. The fraction of sp³-hybridized carbons (Fsp3) is 0.556. The third kappa shape index (κ3) is 9.44. The van der Waals surface area contributed by atoms with Crippen LogP contribution in [0.5, 0.6) is 5.75 Å². The van der Waals surface area contributed by atoms with Crippen molar-refractivity contribution in [2.75, 3.05) is 24.7 Å². The molecule has 0 saturated heterocycles. The second kappa shape index (κ2) is 15.6. The predicted molar refractivity (Wildman–Crippen MR) is 173 cm³/mol. The number of alkyl halides is 2. The Bertz CT molecular complexity index is 1270. The first-order chi connectivity index (χ1) is 21.6. The van der Waals surface area contributed by atoms with Crippen LogP contribution in [0.4, 0.5) is 20.2 Å². The second-order valence-electron chi connectivity index (χ2n) is 12.9. The molecule has 2 bridgehead atoms. The number of carbonyl (C=O) groups excluding carboxylic acids is 2. The molecule has 0 unspecified atom stereocenters. The molecule has 0 aliphatic heterocycles. The van der Waals surface area contributed by atoms with E-state index in [0.717, 1.165) is 38.5 Å². The molecule has 3 aliphatic carbocycles. The van der Waals surface area contributed by atoms with Crippen molar-refractivity contribution in [1.82, 2.24) is 0 Å². The molecule has 2 aromatic carbocycles. The van der Waals surface area contributed by atoms with E-state index < -0.39 is 23.5 Å². The summed E-state index contributed by atoms with van der Waals surface area (Å²) in [6.45, 7) is 2.74. The highest BCUT2D eigenvalue weighted by Crippen LogP contribution is 2.63. The monoisotopic (exact) mass is 626 g/mol. The minimum Gasteiger partial charge on any atom is -0.463 e. The number of anilines is 2. The predicted octanol–water partition coefficient (Wildman–Crippen LogP) is 8.72. The van der Waals surface area contributed by atoms with E-state index in [2.05, 4.69) is 6.92 Å². The van der Waals surface area contributed by atoms with Gasteiger partial charge in [0, 0.05) is 17.5 Å². The molecule has 2 aromatic rings. The van der Waals surface area contributed by atoms with Gasteiger partial charge in [0.15, 0.2) is 0 Å². The van der Waals surface area contributed by atoms with E-state index in [9.17, 15) is 9.59 Å². The average molecular weight is 627 g/mol. The van der Waals surface area contributed by atoms with E-state index in [0.29, 0.717) is 54.6 Å². The summed E-state index contributed by atoms with van der Waals surface area (Å²) < 4.78 is 46.8. The van der Waals surface area contributed by atoms with Gasteiger partial charge in [-0.3, -0.25) is 0 Å². The summed E-state index contributed by atoms with van der Waals surface area (Å²) in [6, 6.07) is 11.0. The average Bonchev–Trinajstić information content (AvgIpc) is 3.02. The molecule has 3 aliphatic rings. The van der Waals surface area contributed by atoms with Crippen molar-refractivity contribution in [2.45, 2.75) is 103 Å². The van der Waals surface area contributed by atoms with Gasteiger partial charge < -0.3 is 25.7 Å². The zero-order chi connectivity index (χ0) is 32.3. The number of hydrogen-bond acceptors (Lipinski definition) is 7. The zero-order valence-electron chi connectivity index (χ0n) is 26.5. The van der Waals surface area contributed by atoms with Crippen LogP contribution >= 0.6 is 0 Å². The Morgan fingerprint density at radius 3 is 2.02 bits per heavy atom. The molecule has 0 heterocycles. The smallest absolute Gasteiger partial charge is 0.403 e. The number of fused-ring (bicyclic) bond motifs is 3. The van der Waals surface area contributed by atoms with Crippen molar-refractivity contribution >= 4 is 29.4 Å². The van der Waals surface area contributed by atoms with Crippen LogP contribution in [0.1, 0.15) is 113 Å². The highest BCUT2D eigenvalue weighted by molar-refractivity contribution is 5.91. The van der Waals surface area contributed by atoms with Gasteiger partial charge in [0.05, 0.1) is 24.2 Å². The molecule has 0 aromatic heterocycles. The number of halogens is 2. The number of rotatable bonds is 17. The molecule has 7 nitrogen and oxygen atoms in total. The molecule has 9 heteroatoms. The van der Waals surface area contributed by atoms with Crippen LogP contribution in [0.25, 0.3) is 6.08 Å². The van der Waals surface area contributed by atoms with Gasteiger partial charge in [0.25, 0.3) is 0 Å². The maximum atomic E-state index is 15.5. The van der Waals surface area contributed by atoms with E-state index in [1.165, 1.54) is 49.6 Å². The fourth-order valence-electron chi connectivity index (χ4n) is 6.71. The van der Waals surface area contributed by atoms with Crippen molar-refractivity contribution in [2.24, 2.45) is 10.8 Å². The van der Waals surface area contributed by atoms with Gasteiger partial charge in [0.2, 0.25) is 0 Å². The maximum absolute atomic E-state index is 15.5. The van der Waals surface area contributed by atoms with Gasteiger partial charge in [-0.1, -0.05) is 38.3 Å². The molecule has 3 saturated carbocycles. The number of benzene rings is 2. The normalized spacial score (nSPS) is 21.1. The summed E-state index contributed by atoms with van der Waals surface area (Å²) in [5.41, 5.74) is 12.4. The second-order valence-corrected chi connectivity index (χ2v) is 12.9. The highest BCUT2D eigenvalue weighted by Gasteiger charge is 2.62. The lowest BCUT2D eigenvalue weighted by molar-refractivity contribution is -0.289. The van der Waals surface area contributed by atoms with Gasteiger partial charge in [-0.2, -0.15) is 8.78 Å². The van der Waals surface area contributed by atoms with Crippen LogP contribution in [0.3, 0.4) is 0 Å². The third-order valence-electron chi connectivity index (χ3n) is 9.60. The summed E-state index contributed by atoms with van der Waals surface area (Å²) in [6.07, 6.45) is 11.6. The molecule has 4 N–H and O–H groups in total. The van der Waals surface area contributed by atoms with Crippen LogP contribution in [-0.2, 0) is 14.3 Å². The summed E-state index contributed by atoms with van der Waals surface area (Å²) in [4.78, 5) is 24.2. The summed E-state index contributed by atoms with van der Waals surface area (Å²) in [7, 11) is 0. The minimum absolute atomic E-state index is 0.128. The molecule has 246 valence electrons. The molecule has 0 radical (unpaired) electrons. The molecular weight excluding hydrogens is 578 g/mol. The minimum atomic E-state index is -3.22. The van der Waals surface area contributed by atoms with Gasteiger partial charge in [-0.25, -0.2) is 9.59 Å². The number of esters is 2. The van der Waals surface area contributed by atoms with E-state index in [1.807, 2.05) is 0 Å². The number of nitrogens with two attached hydrogens (primary N) is 2. The van der Waals surface area contributed by atoms with E-state index in [1.54, 1.807) is 24.3 Å². The van der Waals surface area contributed by atoms with Crippen molar-refractivity contribution in [3.8, 4) is 5.75 Å². The topological polar surface area (TPSA) is 114 Å². The number of unbranched alkanes of at least 4 members (excludes halogenated alkanes) is 5. The Hall–Kier alpha value is -3.62. The molecular formula is C36H48F2N2O5. The highest BCUT2D eigenvalue weighted by atomic mass is 19.3. The van der Waals surface area contributed by atoms with E-state index >= 15 is 8.78 Å². The first kappa shape index (κ1) is 34.3. The first-order valence-electron chi connectivity index (χ1n) is 16.4. The van der Waals surface area contributed by atoms with Crippen molar-refractivity contribution in [3.63, 3.8) is 0 Å². The summed E-state index contributed by atoms with van der Waals surface area (Å²) in [5.74, 6) is -0.813. The fourth-order valence-corrected chi connectivity index (χ4v) is 6.71. The van der Waals surface area contributed by atoms with Crippen molar-refractivity contribution in [3.05, 3.63) is 59.7 Å². The van der Waals surface area contributed by atoms with Crippen LogP contribution in [0.2, 0.25) is 0 Å². The molecule has 0 amide bonds. The van der Waals surface area contributed by atoms with Gasteiger partial charge in [-0.15, -0.1) is 0 Å². The van der Waals surface area contributed by atoms with Gasteiger partial charge in [0.1, 0.15) is 5.75 Å².